The highest BCUT2D eigenvalue weighted by Crippen LogP contribution is 2.55. The van der Waals surface area contributed by atoms with E-state index in [0.29, 0.717) is 0 Å². The van der Waals surface area contributed by atoms with Crippen molar-refractivity contribution in [3.05, 3.63) is 91.0 Å². The van der Waals surface area contributed by atoms with Crippen molar-refractivity contribution in [3.8, 4) is 0 Å². The molecule has 0 aliphatic heterocycles. The Hall–Kier alpha value is -2.44. The molecule has 0 bridgehead atoms. The van der Waals surface area contributed by atoms with E-state index >= 15 is 0 Å². The fraction of sp³-hybridized carbons (Fsp3) is 0.240. The average molecular weight is 391 g/mol. The van der Waals surface area contributed by atoms with E-state index in [0.717, 1.165) is 31.8 Å². The van der Waals surface area contributed by atoms with Crippen molar-refractivity contribution in [2.24, 2.45) is 0 Å². The summed E-state index contributed by atoms with van der Waals surface area (Å²) in [4.78, 5) is 10.8. The molecule has 3 aromatic carbocycles. The minimum absolute atomic E-state index is 0.274. The van der Waals surface area contributed by atoms with Crippen LogP contribution in [0.1, 0.15) is 32.1 Å². The van der Waals surface area contributed by atoms with Crippen molar-refractivity contribution in [2.75, 3.05) is 6.16 Å². The molecule has 3 heteroatoms. The van der Waals surface area contributed by atoms with E-state index in [1.54, 1.807) is 0 Å². The molecule has 0 radical (unpaired) electrons. The van der Waals surface area contributed by atoms with Crippen molar-refractivity contribution >= 4 is 29.1 Å². The highest BCUT2D eigenvalue weighted by molar-refractivity contribution is 7.95. The van der Waals surface area contributed by atoms with Crippen molar-refractivity contribution < 1.29 is 9.90 Å². The van der Waals surface area contributed by atoms with Crippen LogP contribution in [0.15, 0.2) is 91.0 Å². The van der Waals surface area contributed by atoms with Crippen LogP contribution in [0.4, 0.5) is 0 Å². The zero-order chi connectivity index (χ0) is 19.7. The standard InChI is InChI=1S/C25H27O2P/c26-25(27)20-12-1-2-13-21-28(22-14-6-3-7-15-22,23-16-8-4-9-17-23)24-18-10-5-11-19-24/h3-11,14-19H,1-2,12-13,20-21H2/p+1. The third-order valence-electron chi connectivity index (χ3n) is 5.23. The molecule has 0 saturated carbocycles. The van der Waals surface area contributed by atoms with E-state index in [2.05, 4.69) is 91.0 Å². The Balaban J connectivity index is 1.94. The summed E-state index contributed by atoms with van der Waals surface area (Å²) in [5, 5.41) is 13.1. The minimum atomic E-state index is -1.74. The molecule has 0 unspecified atom stereocenters. The van der Waals surface area contributed by atoms with E-state index < -0.39 is 13.2 Å². The number of hydrogen-bond donors (Lipinski definition) is 1. The largest absolute Gasteiger partial charge is 0.481 e. The molecule has 0 aliphatic carbocycles. The molecule has 0 fully saturated rings. The quantitative estimate of drug-likeness (QED) is 0.389. The summed E-state index contributed by atoms with van der Waals surface area (Å²) in [5.41, 5.74) is 0. The zero-order valence-corrected chi connectivity index (χ0v) is 17.1. The number of unbranched alkanes of at least 4 members (excludes halogenated alkanes) is 3. The maximum atomic E-state index is 10.8. The van der Waals surface area contributed by atoms with Gasteiger partial charge in [0.25, 0.3) is 0 Å². The molecule has 3 aromatic rings. The molecule has 144 valence electrons. The number of rotatable bonds is 10. The van der Waals surface area contributed by atoms with Gasteiger partial charge in [0.05, 0.1) is 6.16 Å². The van der Waals surface area contributed by atoms with Crippen LogP contribution >= 0.6 is 7.26 Å². The zero-order valence-electron chi connectivity index (χ0n) is 16.2. The lowest BCUT2D eigenvalue weighted by Gasteiger charge is -2.27. The van der Waals surface area contributed by atoms with Crippen LogP contribution in [0.25, 0.3) is 0 Å². The number of benzene rings is 3. The van der Waals surface area contributed by atoms with Gasteiger partial charge in [-0.25, -0.2) is 0 Å². The topological polar surface area (TPSA) is 37.3 Å². The molecular formula is C25H28O2P+. The molecule has 0 aromatic heterocycles. The van der Waals surface area contributed by atoms with E-state index in [9.17, 15) is 4.79 Å². The first kappa shape index (κ1) is 20.3. The number of carbonyl (C=O) groups is 1. The van der Waals surface area contributed by atoms with Crippen LogP contribution in [0.3, 0.4) is 0 Å². The van der Waals surface area contributed by atoms with Crippen molar-refractivity contribution in [1.82, 2.24) is 0 Å². The summed E-state index contributed by atoms with van der Waals surface area (Å²) in [5.74, 6) is -0.695. The van der Waals surface area contributed by atoms with Crippen LogP contribution in [0.2, 0.25) is 0 Å². The maximum Gasteiger partial charge on any atom is 0.303 e. The molecule has 0 heterocycles. The van der Waals surface area contributed by atoms with Crippen LogP contribution in [0, 0.1) is 0 Å². The Morgan fingerprint density at radius 2 is 1.00 bits per heavy atom. The lowest BCUT2D eigenvalue weighted by Crippen LogP contribution is -2.33. The average Bonchev–Trinajstić information content (AvgIpc) is 2.75. The predicted molar refractivity (Wildman–Crippen MR) is 121 cm³/mol. The predicted octanol–water partition coefficient (Wildman–Crippen LogP) is 5.02. The van der Waals surface area contributed by atoms with Gasteiger partial charge in [0.15, 0.2) is 0 Å². The lowest BCUT2D eigenvalue weighted by atomic mass is 10.2. The van der Waals surface area contributed by atoms with Gasteiger partial charge in [0.1, 0.15) is 23.2 Å². The molecule has 3 rings (SSSR count). The van der Waals surface area contributed by atoms with Gasteiger partial charge in [0.2, 0.25) is 0 Å². The smallest absolute Gasteiger partial charge is 0.303 e. The number of hydrogen-bond acceptors (Lipinski definition) is 1. The van der Waals surface area contributed by atoms with Crippen LogP contribution in [-0.2, 0) is 4.79 Å². The van der Waals surface area contributed by atoms with E-state index in [4.69, 9.17) is 5.11 Å². The summed E-state index contributed by atoms with van der Waals surface area (Å²) < 4.78 is 0. The maximum absolute atomic E-state index is 10.8. The first-order valence-electron chi connectivity index (χ1n) is 10.0. The fourth-order valence-corrected chi connectivity index (χ4v) is 8.27. The summed E-state index contributed by atoms with van der Waals surface area (Å²) in [7, 11) is -1.74. The molecular weight excluding hydrogens is 363 g/mol. The van der Waals surface area contributed by atoms with E-state index in [1.807, 2.05) is 0 Å². The Bertz CT molecular complexity index is 751. The van der Waals surface area contributed by atoms with Crippen molar-refractivity contribution in [2.45, 2.75) is 32.1 Å². The van der Waals surface area contributed by atoms with Crippen LogP contribution in [-0.4, -0.2) is 17.2 Å². The SMILES string of the molecule is O=C(O)CCCCCC[P+](c1ccccc1)(c1ccccc1)c1ccccc1. The molecule has 0 amide bonds. The molecule has 0 atom stereocenters. The van der Waals surface area contributed by atoms with Gasteiger partial charge in [-0.2, -0.15) is 0 Å². The Morgan fingerprint density at radius 1 is 0.607 bits per heavy atom. The van der Waals surface area contributed by atoms with Gasteiger partial charge in [0, 0.05) is 6.42 Å². The Labute approximate surface area is 168 Å². The second-order valence-electron chi connectivity index (χ2n) is 7.10. The monoisotopic (exact) mass is 391 g/mol. The second kappa shape index (κ2) is 10.2. The lowest BCUT2D eigenvalue weighted by molar-refractivity contribution is -0.137. The second-order valence-corrected chi connectivity index (χ2v) is 10.7. The van der Waals surface area contributed by atoms with Gasteiger partial charge >= 0.3 is 5.97 Å². The van der Waals surface area contributed by atoms with Gasteiger partial charge in [-0.3, -0.25) is 4.79 Å². The van der Waals surface area contributed by atoms with E-state index in [-0.39, 0.29) is 6.42 Å². The van der Waals surface area contributed by atoms with Crippen LogP contribution < -0.4 is 15.9 Å². The Morgan fingerprint density at radius 3 is 1.39 bits per heavy atom. The summed E-state index contributed by atoms with van der Waals surface area (Å²) in [6.07, 6.45) is 5.30. The highest BCUT2D eigenvalue weighted by atomic mass is 31.2. The normalized spacial score (nSPS) is 11.3. The van der Waals surface area contributed by atoms with Gasteiger partial charge in [-0.05, 0) is 55.7 Å². The number of carboxylic acid groups (broad SMARTS) is 1. The summed E-state index contributed by atoms with van der Waals surface area (Å²) >= 11 is 0. The highest BCUT2D eigenvalue weighted by Gasteiger charge is 2.44. The van der Waals surface area contributed by atoms with Gasteiger partial charge < -0.3 is 5.11 Å². The van der Waals surface area contributed by atoms with Crippen LogP contribution in [0.5, 0.6) is 0 Å². The molecule has 2 nitrogen and oxygen atoms in total. The van der Waals surface area contributed by atoms with Gasteiger partial charge in [-0.15, -0.1) is 0 Å². The third-order valence-corrected chi connectivity index (χ3v) is 9.75. The summed E-state index contributed by atoms with van der Waals surface area (Å²) in [6.45, 7) is 0. The molecule has 0 spiro atoms. The van der Waals surface area contributed by atoms with Crippen molar-refractivity contribution in [1.29, 1.82) is 0 Å². The minimum Gasteiger partial charge on any atom is -0.481 e. The molecule has 1 N–H and O–H groups in total. The van der Waals surface area contributed by atoms with Crippen molar-refractivity contribution in [3.63, 3.8) is 0 Å². The number of carboxylic acids is 1. The summed E-state index contributed by atoms with van der Waals surface area (Å²) in [6, 6.07) is 32.8. The molecule has 0 aliphatic rings. The molecule has 28 heavy (non-hydrogen) atoms. The Kier molecular flexibility index (Phi) is 7.39. The first-order chi connectivity index (χ1) is 13.7. The van der Waals surface area contributed by atoms with E-state index in [1.165, 1.54) is 15.9 Å². The number of aliphatic carboxylic acids is 1. The molecule has 0 saturated heterocycles. The third kappa shape index (κ3) is 4.88. The fourth-order valence-electron chi connectivity index (χ4n) is 3.86. The van der Waals surface area contributed by atoms with Gasteiger partial charge in [-0.1, -0.05) is 61.0 Å². The first-order valence-corrected chi connectivity index (χ1v) is 12.0.